The molecule has 0 aliphatic carbocycles. The van der Waals surface area contributed by atoms with Gasteiger partial charge in [0.25, 0.3) is 0 Å². The van der Waals surface area contributed by atoms with Crippen LogP contribution in [0.2, 0.25) is 0 Å². The SMILES string of the molecule is COC(=O)C[C@H](O)[C@H](CC(C)C)NC(=O)[C@H](CC(C)C)NC(=O)[C@@H](N)Cc1cccc2ccccc12.Cl. The van der Waals surface area contributed by atoms with E-state index in [9.17, 15) is 19.5 Å². The smallest absolute Gasteiger partial charge is 0.308 e. The summed E-state index contributed by atoms with van der Waals surface area (Å²) in [6, 6.07) is 11.5. The first kappa shape index (κ1) is 32.3. The minimum absolute atomic E-state index is 0. The molecule has 0 unspecified atom stereocenters. The minimum atomic E-state index is -1.10. The molecule has 2 aromatic rings. The molecular formula is C28H42ClN3O5. The highest BCUT2D eigenvalue weighted by Gasteiger charge is 2.30. The maximum absolute atomic E-state index is 13.2. The van der Waals surface area contributed by atoms with Gasteiger partial charge in [-0.1, -0.05) is 70.2 Å². The molecular weight excluding hydrogens is 494 g/mol. The van der Waals surface area contributed by atoms with E-state index in [2.05, 4.69) is 15.4 Å². The van der Waals surface area contributed by atoms with Crippen LogP contribution >= 0.6 is 12.4 Å². The number of benzene rings is 2. The van der Waals surface area contributed by atoms with Crippen LogP contribution in [0.15, 0.2) is 42.5 Å². The second-order valence-electron chi connectivity index (χ2n) is 10.2. The van der Waals surface area contributed by atoms with Crippen LogP contribution in [0.25, 0.3) is 10.8 Å². The molecule has 8 nitrogen and oxygen atoms in total. The maximum Gasteiger partial charge on any atom is 0.308 e. The fourth-order valence-electron chi connectivity index (χ4n) is 4.28. The number of methoxy groups -OCH3 is 1. The summed E-state index contributed by atoms with van der Waals surface area (Å²) in [5.74, 6) is -1.10. The average Bonchev–Trinajstić information content (AvgIpc) is 2.82. The van der Waals surface area contributed by atoms with Crippen molar-refractivity contribution in [2.75, 3.05) is 7.11 Å². The largest absolute Gasteiger partial charge is 0.469 e. The van der Waals surface area contributed by atoms with Crippen molar-refractivity contribution in [3.63, 3.8) is 0 Å². The van der Waals surface area contributed by atoms with Crippen LogP contribution in [0.1, 0.15) is 52.5 Å². The Labute approximate surface area is 226 Å². The van der Waals surface area contributed by atoms with Crippen LogP contribution in [-0.2, 0) is 25.5 Å². The van der Waals surface area contributed by atoms with Gasteiger partial charge >= 0.3 is 5.97 Å². The van der Waals surface area contributed by atoms with Gasteiger partial charge in [0.1, 0.15) is 6.04 Å². The lowest BCUT2D eigenvalue weighted by atomic mass is 9.95. The Hall–Kier alpha value is -2.68. The number of carbonyl (C=O) groups is 3. The number of esters is 1. The number of hydrogen-bond acceptors (Lipinski definition) is 6. The van der Waals surface area contributed by atoms with E-state index < -0.39 is 42.0 Å². The molecule has 9 heteroatoms. The van der Waals surface area contributed by atoms with E-state index >= 15 is 0 Å². The molecule has 2 rings (SSSR count). The van der Waals surface area contributed by atoms with Crippen LogP contribution < -0.4 is 16.4 Å². The normalized spacial score (nSPS) is 14.4. The first-order valence-corrected chi connectivity index (χ1v) is 12.6. The van der Waals surface area contributed by atoms with Crippen LogP contribution in [0, 0.1) is 11.8 Å². The summed E-state index contributed by atoms with van der Waals surface area (Å²) in [5.41, 5.74) is 7.23. The number of aliphatic hydroxyl groups excluding tert-OH is 1. The summed E-state index contributed by atoms with van der Waals surface area (Å²) in [5, 5.41) is 18.3. The van der Waals surface area contributed by atoms with E-state index in [0.29, 0.717) is 19.3 Å². The van der Waals surface area contributed by atoms with Crippen LogP contribution in [-0.4, -0.2) is 54.2 Å². The third-order valence-corrected chi connectivity index (χ3v) is 6.12. The monoisotopic (exact) mass is 535 g/mol. The summed E-state index contributed by atoms with van der Waals surface area (Å²) in [6.45, 7) is 7.84. The number of ether oxygens (including phenoxy) is 1. The Kier molecular flexibility index (Phi) is 13.6. The van der Waals surface area contributed by atoms with E-state index in [4.69, 9.17) is 5.73 Å². The zero-order valence-corrected chi connectivity index (χ0v) is 23.2. The van der Waals surface area contributed by atoms with Crippen LogP contribution in [0.4, 0.5) is 0 Å². The highest BCUT2D eigenvalue weighted by atomic mass is 35.5. The minimum Gasteiger partial charge on any atom is -0.469 e. The molecule has 0 saturated carbocycles. The third kappa shape index (κ3) is 10.3. The number of fused-ring (bicyclic) bond motifs is 1. The van der Waals surface area contributed by atoms with Gasteiger partial charge in [0.15, 0.2) is 0 Å². The van der Waals surface area contributed by atoms with Crippen molar-refractivity contribution in [1.29, 1.82) is 0 Å². The molecule has 0 radical (unpaired) electrons. The van der Waals surface area contributed by atoms with Gasteiger partial charge < -0.3 is 26.2 Å². The average molecular weight is 536 g/mol. The van der Waals surface area contributed by atoms with Gasteiger partial charge in [0.05, 0.1) is 31.7 Å². The topological polar surface area (TPSA) is 131 Å². The van der Waals surface area contributed by atoms with Crippen molar-refractivity contribution in [1.82, 2.24) is 10.6 Å². The Morgan fingerprint density at radius 3 is 2.16 bits per heavy atom. The van der Waals surface area contributed by atoms with Gasteiger partial charge in [-0.15, -0.1) is 12.4 Å². The van der Waals surface area contributed by atoms with E-state index in [-0.39, 0.29) is 30.7 Å². The van der Waals surface area contributed by atoms with Gasteiger partial charge in [-0.3, -0.25) is 14.4 Å². The number of nitrogens with one attached hydrogen (secondary N) is 2. The molecule has 2 amide bonds. The molecule has 37 heavy (non-hydrogen) atoms. The number of nitrogens with two attached hydrogens (primary N) is 1. The Morgan fingerprint density at radius 1 is 0.919 bits per heavy atom. The molecule has 0 aromatic heterocycles. The van der Waals surface area contributed by atoms with E-state index in [0.717, 1.165) is 16.3 Å². The maximum atomic E-state index is 13.2. The predicted molar refractivity (Wildman–Crippen MR) is 148 cm³/mol. The molecule has 0 spiro atoms. The lowest BCUT2D eigenvalue weighted by Crippen LogP contribution is -2.56. The summed E-state index contributed by atoms with van der Waals surface area (Å²) in [7, 11) is 1.25. The summed E-state index contributed by atoms with van der Waals surface area (Å²) < 4.78 is 4.65. The molecule has 0 aliphatic rings. The first-order valence-electron chi connectivity index (χ1n) is 12.6. The van der Waals surface area contributed by atoms with Crippen LogP contribution in [0.3, 0.4) is 0 Å². The first-order chi connectivity index (χ1) is 17.0. The fraction of sp³-hybridized carbons (Fsp3) is 0.536. The molecule has 0 heterocycles. The van der Waals surface area contributed by atoms with Crippen molar-refractivity contribution in [3.8, 4) is 0 Å². The van der Waals surface area contributed by atoms with Gasteiger partial charge in [-0.25, -0.2) is 0 Å². The van der Waals surface area contributed by atoms with Crippen molar-refractivity contribution >= 4 is 41.0 Å². The lowest BCUT2D eigenvalue weighted by molar-refractivity contribution is -0.143. The molecule has 0 bridgehead atoms. The molecule has 206 valence electrons. The van der Waals surface area contributed by atoms with Crippen molar-refractivity contribution in [2.24, 2.45) is 17.6 Å². The number of amides is 2. The number of hydrogen-bond donors (Lipinski definition) is 4. The number of carbonyl (C=O) groups excluding carboxylic acids is 3. The van der Waals surface area contributed by atoms with Crippen molar-refractivity contribution in [2.45, 2.75) is 77.6 Å². The Bertz CT molecular complexity index is 1020. The molecule has 0 aliphatic heterocycles. The van der Waals surface area contributed by atoms with Crippen LogP contribution in [0.5, 0.6) is 0 Å². The number of aliphatic hydroxyl groups is 1. The number of rotatable bonds is 13. The molecule has 5 N–H and O–H groups in total. The highest BCUT2D eigenvalue weighted by Crippen LogP contribution is 2.20. The summed E-state index contributed by atoms with van der Waals surface area (Å²) >= 11 is 0. The van der Waals surface area contributed by atoms with Gasteiger partial charge in [-0.2, -0.15) is 0 Å². The predicted octanol–water partition coefficient (Wildman–Crippen LogP) is 3.12. The zero-order valence-electron chi connectivity index (χ0n) is 22.4. The van der Waals surface area contributed by atoms with Crippen molar-refractivity contribution in [3.05, 3.63) is 48.0 Å². The lowest BCUT2D eigenvalue weighted by Gasteiger charge is -2.29. The number of halogens is 1. The van der Waals surface area contributed by atoms with E-state index in [1.807, 2.05) is 70.2 Å². The Morgan fingerprint density at radius 2 is 1.54 bits per heavy atom. The summed E-state index contributed by atoms with van der Waals surface area (Å²) in [4.78, 5) is 37.9. The van der Waals surface area contributed by atoms with E-state index in [1.54, 1.807) is 0 Å². The van der Waals surface area contributed by atoms with Gasteiger partial charge in [-0.05, 0) is 47.4 Å². The summed E-state index contributed by atoms with van der Waals surface area (Å²) in [6.07, 6.45) is -0.136. The standard InChI is InChI=1S/C28H41N3O5.ClH/c1-17(2)13-23(25(32)16-26(33)36-5)30-28(35)24(14-18(3)4)31-27(34)22(29)15-20-11-8-10-19-9-6-7-12-21(19)20;/h6-12,17-18,22-25,32H,13-16,29H2,1-5H3,(H,30,35)(H,31,34);1H/t22-,23-,24-,25-;/m0./s1. The zero-order chi connectivity index (χ0) is 26.8. The molecule has 4 atom stereocenters. The van der Waals surface area contributed by atoms with Gasteiger partial charge in [0.2, 0.25) is 11.8 Å². The third-order valence-electron chi connectivity index (χ3n) is 6.12. The quantitative estimate of drug-likeness (QED) is 0.291. The Balaban J connectivity index is 0.00000684. The second-order valence-corrected chi connectivity index (χ2v) is 10.2. The van der Waals surface area contributed by atoms with E-state index in [1.165, 1.54) is 7.11 Å². The van der Waals surface area contributed by atoms with Gasteiger partial charge in [0, 0.05) is 0 Å². The highest BCUT2D eigenvalue weighted by molar-refractivity contribution is 5.91. The second kappa shape index (κ2) is 15.5. The molecule has 0 saturated heterocycles. The fourth-order valence-corrected chi connectivity index (χ4v) is 4.28. The molecule has 0 fully saturated rings. The van der Waals surface area contributed by atoms with Crippen molar-refractivity contribution < 1.29 is 24.2 Å². The molecule has 2 aromatic carbocycles.